The van der Waals surface area contributed by atoms with E-state index < -0.39 is 0 Å². The molecule has 37 heavy (non-hydrogen) atoms. The standard InChI is InChI=1S/C32H26N2O3/c1-36-27-13-7-22(8-14-27)21-33-17-15-23-9-11-25(19-29(23)33)26-12-10-24-16-18-34(30(24)20-26)32(35)28-5-3-4-6-31(28)37-2/h3-20H,21H2,1-2H3. The molecular weight excluding hydrogens is 460 g/mol. The highest BCUT2D eigenvalue weighted by Gasteiger charge is 2.16. The Morgan fingerprint density at radius 3 is 2.11 bits per heavy atom. The Hall–Kier alpha value is -4.77. The van der Waals surface area contributed by atoms with Crippen molar-refractivity contribution in [2.45, 2.75) is 6.54 Å². The number of carbonyl (C=O) groups excluding carboxylic acids is 1. The lowest BCUT2D eigenvalue weighted by Gasteiger charge is -2.10. The Morgan fingerprint density at radius 1 is 0.703 bits per heavy atom. The highest BCUT2D eigenvalue weighted by atomic mass is 16.5. The van der Waals surface area contributed by atoms with Crippen molar-refractivity contribution in [2.24, 2.45) is 0 Å². The van der Waals surface area contributed by atoms with E-state index in [-0.39, 0.29) is 5.91 Å². The van der Waals surface area contributed by atoms with Crippen LogP contribution in [0.3, 0.4) is 0 Å². The normalized spacial score (nSPS) is 11.2. The largest absolute Gasteiger partial charge is 0.497 e. The molecule has 6 aromatic rings. The van der Waals surface area contributed by atoms with Crippen molar-refractivity contribution in [3.8, 4) is 22.6 Å². The summed E-state index contributed by atoms with van der Waals surface area (Å²) >= 11 is 0. The average molecular weight is 487 g/mol. The number of hydrogen-bond donors (Lipinski definition) is 0. The van der Waals surface area contributed by atoms with Crippen LogP contribution in [0.1, 0.15) is 15.9 Å². The number of nitrogens with zero attached hydrogens (tertiary/aromatic N) is 2. The van der Waals surface area contributed by atoms with Crippen LogP contribution < -0.4 is 9.47 Å². The fraction of sp³-hybridized carbons (Fsp3) is 0.0938. The molecule has 0 aliphatic carbocycles. The number of para-hydroxylation sites is 1. The summed E-state index contributed by atoms with van der Waals surface area (Å²) in [6.45, 7) is 0.770. The van der Waals surface area contributed by atoms with Crippen molar-refractivity contribution < 1.29 is 14.3 Å². The number of fused-ring (bicyclic) bond motifs is 2. The molecule has 0 aliphatic heterocycles. The molecule has 0 amide bonds. The van der Waals surface area contributed by atoms with Gasteiger partial charge in [0.05, 0.1) is 25.3 Å². The summed E-state index contributed by atoms with van der Waals surface area (Å²) in [5, 5.41) is 2.20. The number of ether oxygens (including phenoxy) is 2. The molecule has 2 heterocycles. The van der Waals surface area contributed by atoms with Crippen molar-refractivity contribution in [3.05, 3.63) is 121 Å². The molecule has 0 spiro atoms. The zero-order chi connectivity index (χ0) is 25.4. The molecule has 5 nitrogen and oxygen atoms in total. The third-order valence-electron chi connectivity index (χ3n) is 6.87. The lowest BCUT2D eigenvalue weighted by molar-refractivity contribution is 0.0962. The Morgan fingerprint density at radius 2 is 1.38 bits per heavy atom. The smallest absolute Gasteiger partial charge is 0.266 e. The van der Waals surface area contributed by atoms with Gasteiger partial charge in [-0.2, -0.15) is 0 Å². The molecule has 6 rings (SSSR count). The quantitative estimate of drug-likeness (QED) is 0.254. The Balaban J connectivity index is 1.37. The summed E-state index contributed by atoms with van der Waals surface area (Å²) in [5.74, 6) is 1.30. The lowest BCUT2D eigenvalue weighted by Crippen LogP contribution is -2.12. The van der Waals surface area contributed by atoms with Gasteiger partial charge in [0.25, 0.3) is 5.91 Å². The molecule has 0 fully saturated rings. The molecular formula is C32H26N2O3. The molecule has 0 N–H and O–H groups in total. The Bertz CT molecular complexity index is 1740. The highest BCUT2D eigenvalue weighted by Crippen LogP contribution is 2.30. The predicted molar refractivity (Wildman–Crippen MR) is 148 cm³/mol. The van der Waals surface area contributed by atoms with Crippen molar-refractivity contribution in [2.75, 3.05) is 14.2 Å². The molecule has 182 valence electrons. The monoisotopic (exact) mass is 486 g/mol. The van der Waals surface area contributed by atoms with Crippen LogP contribution >= 0.6 is 0 Å². The third kappa shape index (κ3) is 4.15. The maximum atomic E-state index is 13.4. The van der Waals surface area contributed by atoms with Crippen LogP contribution in [0.25, 0.3) is 32.9 Å². The van der Waals surface area contributed by atoms with Crippen LogP contribution in [0.5, 0.6) is 11.5 Å². The summed E-state index contributed by atoms with van der Waals surface area (Å²) < 4.78 is 14.7. The van der Waals surface area contributed by atoms with Gasteiger partial charge in [-0.15, -0.1) is 0 Å². The van der Waals surface area contributed by atoms with Crippen LogP contribution in [0, 0.1) is 0 Å². The minimum Gasteiger partial charge on any atom is -0.497 e. The van der Waals surface area contributed by atoms with E-state index in [1.54, 1.807) is 30.9 Å². The minimum atomic E-state index is -0.117. The lowest BCUT2D eigenvalue weighted by atomic mass is 10.0. The number of carbonyl (C=O) groups is 1. The van der Waals surface area contributed by atoms with E-state index in [1.807, 2.05) is 36.5 Å². The molecule has 0 aliphatic rings. The summed E-state index contributed by atoms with van der Waals surface area (Å²) in [4.78, 5) is 13.4. The molecule has 4 aromatic carbocycles. The van der Waals surface area contributed by atoms with Gasteiger partial charge in [-0.05, 0) is 70.6 Å². The van der Waals surface area contributed by atoms with Gasteiger partial charge in [0, 0.05) is 29.8 Å². The van der Waals surface area contributed by atoms with Gasteiger partial charge in [-0.25, -0.2) is 0 Å². The van der Waals surface area contributed by atoms with Crippen molar-refractivity contribution >= 4 is 27.7 Å². The van der Waals surface area contributed by atoms with Crippen molar-refractivity contribution in [1.82, 2.24) is 9.13 Å². The van der Waals surface area contributed by atoms with E-state index in [1.165, 1.54) is 10.9 Å². The van der Waals surface area contributed by atoms with E-state index in [0.29, 0.717) is 11.3 Å². The van der Waals surface area contributed by atoms with Gasteiger partial charge in [0.1, 0.15) is 11.5 Å². The second kappa shape index (κ2) is 9.36. The van der Waals surface area contributed by atoms with Gasteiger partial charge >= 0.3 is 0 Å². The molecule has 5 heteroatoms. The van der Waals surface area contributed by atoms with Crippen LogP contribution in [0.2, 0.25) is 0 Å². The predicted octanol–water partition coefficient (Wildman–Crippen LogP) is 7.02. The van der Waals surface area contributed by atoms with Gasteiger partial charge < -0.3 is 14.0 Å². The molecule has 0 saturated heterocycles. The summed E-state index contributed by atoms with van der Waals surface area (Å²) in [7, 11) is 3.26. The van der Waals surface area contributed by atoms with Gasteiger partial charge in [-0.3, -0.25) is 9.36 Å². The number of aromatic nitrogens is 2. The fourth-order valence-electron chi connectivity index (χ4n) is 4.87. The van der Waals surface area contributed by atoms with Gasteiger partial charge in [0.2, 0.25) is 0 Å². The molecule has 0 unspecified atom stereocenters. The van der Waals surface area contributed by atoms with E-state index in [2.05, 4.69) is 65.4 Å². The molecule has 0 bridgehead atoms. The zero-order valence-corrected chi connectivity index (χ0v) is 20.7. The molecule has 0 radical (unpaired) electrons. The number of rotatable bonds is 6. The second-order valence-electron chi connectivity index (χ2n) is 9.03. The SMILES string of the molecule is COc1ccc(Cn2ccc3ccc(-c4ccc5ccn(C(=O)c6ccccc6OC)c5c4)cc32)cc1. The van der Waals surface area contributed by atoms with E-state index in [0.717, 1.165) is 39.8 Å². The number of hydrogen-bond acceptors (Lipinski definition) is 3. The maximum absolute atomic E-state index is 13.4. The molecule has 0 saturated carbocycles. The number of methoxy groups -OCH3 is 2. The Labute approximate surface area is 215 Å². The summed E-state index contributed by atoms with van der Waals surface area (Å²) in [6, 6.07) is 32.4. The first-order chi connectivity index (χ1) is 18.1. The topological polar surface area (TPSA) is 45.4 Å². The zero-order valence-electron chi connectivity index (χ0n) is 20.7. The van der Waals surface area contributed by atoms with Gasteiger partial charge in [-0.1, -0.05) is 48.5 Å². The first-order valence-corrected chi connectivity index (χ1v) is 12.2. The van der Waals surface area contributed by atoms with Crippen LogP contribution in [0.4, 0.5) is 0 Å². The third-order valence-corrected chi connectivity index (χ3v) is 6.87. The average Bonchev–Trinajstić information content (AvgIpc) is 3.56. The molecule has 0 atom stereocenters. The van der Waals surface area contributed by atoms with Crippen LogP contribution in [-0.2, 0) is 6.54 Å². The van der Waals surface area contributed by atoms with Crippen LogP contribution in [-0.4, -0.2) is 29.3 Å². The van der Waals surface area contributed by atoms with Crippen molar-refractivity contribution in [3.63, 3.8) is 0 Å². The first kappa shape index (κ1) is 22.7. The van der Waals surface area contributed by atoms with E-state index in [4.69, 9.17) is 9.47 Å². The first-order valence-electron chi connectivity index (χ1n) is 12.2. The second-order valence-corrected chi connectivity index (χ2v) is 9.03. The Kier molecular flexibility index (Phi) is 5.73. The summed E-state index contributed by atoms with van der Waals surface area (Å²) in [6.07, 6.45) is 3.95. The van der Waals surface area contributed by atoms with Crippen molar-refractivity contribution in [1.29, 1.82) is 0 Å². The minimum absolute atomic E-state index is 0.117. The number of benzene rings is 4. The van der Waals surface area contributed by atoms with Crippen LogP contribution in [0.15, 0.2) is 109 Å². The van der Waals surface area contributed by atoms with E-state index >= 15 is 0 Å². The van der Waals surface area contributed by atoms with Gasteiger partial charge in [0.15, 0.2) is 0 Å². The van der Waals surface area contributed by atoms with E-state index in [9.17, 15) is 4.79 Å². The fourth-order valence-corrected chi connectivity index (χ4v) is 4.87. The molecule has 2 aromatic heterocycles. The highest BCUT2D eigenvalue weighted by molar-refractivity contribution is 6.04. The maximum Gasteiger partial charge on any atom is 0.266 e. The summed E-state index contributed by atoms with van der Waals surface area (Å²) in [5.41, 5.74) is 5.92.